The van der Waals surface area contributed by atoms with Crippen molar-refractivity contribution in [1.82, 2.24) is 9.88 Å². The second kappa shape index (κ2) is 8.64. The number of carbonyl (C=O) groups is 1. The Balaban J connectivity index is 1.47. The Morgan fingerprint density at radius 1 is 1.21 bits per heavy atom. The molecule has 2 aromatic carbocycles. The number of aromatic nitrogens is 1. The van der Waals surface area contributed by atoms with Gasteiger partial charge >= 0.3 is 0 Å². The number of pyridine rings is 1. The smallest absolute Gasteiger partial charge is 0.222 e. The van der Waals surface area contributed by atoms with Crippen LogP contribution in [0.4, 0.5) is 0 Å². The van der Waals surface area contributed by atoms with E-state index in [1.54, 1.807) is 7.11 Å². The molecule has 1 saturated heterocycles. The zero-order chi connectivity index (χ0) is 20.2. The maximum atomic E-state index is 12.8. The van der Waals surface area contributed by atoms with Crippen molar-refractivity contribution >= 4 is 16.7 Å². The molecule has 1 aliphatic rings. The number of rotatable bonds is 5. The van der Waals surface area contributed by atoms with E-state index in [0.29, 0.717) is 12.3 Å². The Morgan fingerprint density at radius 3 is 2.83 bits per heavy atom. The fraction of sp³-hybridized carbons (Fsp3) is 0.360. The standard InChI is InChI=1S/C25H28N2O2/c1-18-22-15-23(26-16-20(22)11-12-24(18)29-2)21-9-6-14-27(17-21)25(28)13-10-19-7-4-3-5-8-19/h3-5,7-8,11-12,15-16,21H,6,9-10,13-14,17H2,1-2H3/t21-/m0/s1. The third-order valence-corrected chi connectivity index (χ3v) is 6.03. The van der Waals surface area contributed by atoms with E-state index in [-0.39, 0.29) is 5.91 Å². The summed E-state index contributed by atoms with van der Waals surface area (Å²) < 4.78 is 5.48. The van der Waals surface area contributed by atoms with E-state index in [1.807, 2.05) is 35.4 Å². The summed E-state index contributed by atoms with van der Waals surface area (Å²) in [6.45, 7) is 3.70. The monoisotopic (exact) mass is 388 g/mol. The molecule has 0 saturated carbocycles. The number of ether oxygens (including phenoxy) is 1. The summed E-state index contributed by atoms with van der Waals surface area (Å²) in [5, 5.41) is 2.31. The summed E-state index contributed by atoms with van der Waals surface area (Å²) in [5.74, 6) is 1.44. The molecule has 0 bridgehead atoms. The number of piperidine rings is 1. The van der Waals surface area contributed by atoms with Crippen LogP contribution < -0.4 is 4.74 Å². The summed E-state index contributed by atoms with van der Waals surface area (Å²) in [6, 6.07) is 16.5. The van der Waals surface area contributed by atoms with E-state index in [0.717, 1.165) is 54.7 Å². The predicted molar refractivity (Wildman–Crippen MR) is 116 cm³/mol. The van der Waals surface area contributed by atoms with E-state index in [4.69, 9.17) is 9.72 Å². The molecule has 0 aliphatic carbocycles. The Kier molecular flexibility index (Phi) is 5.79. The molecule has 0 radical (unpaired) electrons. The van der Waals surface area contributed by atoms with Gasteiger partial charge in [0.25, 0.3) is 0 Å². The van der Waals surface area contributed by atoms with Gasteiger partial charge in [-0.2, -0.15) is 0 Å². The highest BCUT2D eigenvalue weighted by atomic mass is 16.5. The normalized spacial score (nSPS) is 16.8. The number of methoxy groups -OCH3 is 1. The van der Waals surface area contributed by atoms with Gasteiger partial charge in [0.1, 0.15) is 5.75 Å². The first-order valence-corrected chi connectivity index (χ1v) is 10.4. The topological polar surface area (TPSA) is 42.4 Å². The molecule has 4 heteroatoms. The van der Waals surface area contributed by atoms with Crippen molar-refractivity contribution in [1.29, 1.82) is 0 Å². The molecular formula is C25H28N2O2. The summed E-state index contributed by atoms with van der Waals surface area (Å²) in [5.41, 5.74) is 3.43. The number of amides is 1. The second-order valence-electron chi connectivity index (χ2n) is 7.89. The number of hydrogen-bond donors (Lipinski definition) is 0. The van der Waals surface area contributed by atoms with Crippen LogP contribution in [-0.4, -0.2) is 36.0 Å². The van der Waals surface area contributed by atoms with Crippen LogP contribution in [0.15, 0.2) is 54.7 Å². The molecule has 0 unspecified atom stereocenters. The fourth-order valence-corrected chi connectivity index (χ4v) is 4.31. The number of carbonyl (C=O) groups excluding carboxylic acids is 1. The van der Waals surface area contributed by atoms with Crippen LogP contribution in [0.2, 0.25) is 0 Å². The van der Waals surface area contributed by atoms with Gasteiger partial charge in [-0.1, -0.05) is 30.3 Å². The Bertz CT molecular complexity index is 1000. The minimum atomic E-state index is 0.247. The second-order valence-corrected chi connectivity index (χ2v) is 7.89. The van der Waals surface area contributed by atoms with Crippen molar-refractivity contribution in [2.24, 2.45) is 0 Å². The van der Waals surface area contributed by atoms with Crippen molar-refractivity contribution in [2.75, 3.05) is 20.2 Å². The summed E-state index contributed by atoms with van der Waals surface area (Å²) in [4.78, 5) is 19.6. The maximum Gasteiger partial charge on any atom is 0.222 e. The Hall–Kier alpha value is -2.88. The highest BCUT2D eigenvalue weighted by molar-refractivity contribution is 5.87. The molecular weight excluding hydrogens is 360 g/mol. The fourth-order valence-electron chi connectivity index (χ4n) is 4.31. The van der Waals surface area contributed by atoms with Gasteiger partial charge in [0, 0.05) is 42.7 Å². The van der Waals surface area contributed by atoms with Gasteiger partial charge in [-0.05, 0) is 60.9 Å². The van der Waals surface area contributed by atoms with Crippen LogP contribution in [0, 0.1) is 6.92 Å². The molecule has 4 rings (SSSR count). The highest BCUT2D eigenvalue weighted by Crippen LogP contribution is 2.31. The zero-order valence-electron chi connectivity index (χ0n) is 17.2. The van der Waals surface area contributed by atoms with Gasteiger partial charge in [-0.25, -0.2) is 0 Å². The van der Waals surface area contributed by atoms with Crippen LogP contribution in [-0.2, 0) is 11.2 Å². The molecule has 1 fully saturated rings. The number of fused-ring (bicyclic) bond motifs is 1. The number of likely N-dealkylation sites (tertiary alicyclic amines) is 1. The molecule has 1 atom stereocenters. The van der Waals surface area contributed by atoms with Gasteiger partial charge in [0.05, 0.1) is 7.11 Å². The Morgan fingerprint density at radius 2 is 2.03 bits per heavy atom. The molecule has 4 nitrogen and oxygen atoms in total. The summed E-state index contributed by atoms with van der Waals surface area (Å²) >= 11 is 0. The predicted octanol–water partition coefficient (Wildman–Crippen LogP) is 4.89. The van der Waals surface area contributed by atoms with Gasteiger partial charge < -0.3 is 9.64 Å². The lowest BCUT2D eigenvalue weighted by Crippen LogP contribution is -2.39. The van der Waals surface area contributed by atoms with Crippen LogP contribution in [0.5, 0.6) is 5.75 Å². The first-order chi connectivity index (χ1) is 14.2. The summed E-state index contributed by atoms with van der Waals surface area (Å²) in [6.07, 6.45) is 5.42. The molecule has 0 N–H and O–H groups in total. The third-order valence-electron chi connectivity index (χ3n) is 6.03. The van der Waals surface area contributed by atoms with Crippen molar-refractivity contribution in [2.45, 2.75) is 38.5 Å². The highest BCUT2D eigenvalue weighted by Gasteiger charge is 2.25. The summed E-state index contributed by atoms with van der Waals surface area (Å²) in [7, 11) is 1.70. The first-order valence-electron chi connectivity index (χ1n) is 10.4. The van der Waals surface area contributed by atoms with Crippen molar-refractivity contribution in [3.63, 3.8) is 0 Å². The first kappa shape index (κ1) is 19.4. The molecule has 0 spiro atoms. The van der Waals surface area contributed by atoms with Gasteiger partial charge in [-0.15, -0.1) is 0 Å². The average molecular weight is 389 g/mol. The molecule has 1 aliphatic heterocycles. The minimum Gasteiger partial charge on any atom is -0.496 e. The maximum absolute atomic E-state index is 12.8. The molecule has 2 heterocycles. The largest absolute Gasteiger partial charge is 0.496 e. The molecule has 150 valence electrons. The van der Waals surface area contributed by atoms with Crippen molar-refractivity contribution in [3.8, 4) is 5.75 Å². The number of hydrogen-bond acceptors (Lipinski definition) is 3. The third kappa shape index (κ3) is 4.26. The number of benzene rings is 2. The van der Waals surface area contributed by atoms with Crippen LogP contribution in [0.3, 0.4) is 0 Å². The number of aryl methyl sites for hydroxylation is 2. The molecule has 3 aromatic rings. The van der Waals surface area contributed by atoms with Gasteiger partial charge in [0.15, 0.2) is 0 Å². The van der Waals surface area contributed by atoms with Crippen LogP contribution in [0.25, 0.3) is 10.8 Å². The van der Waals surface area contributed by atoms with Gasteiger partial charge in [-0.3, -0.25) is 9.78 Å². The average Bonchev–Trinajstić information content (AvgIpc) is 2.78. The Labute approximate surface area is 172 Å². The lowest BCUT2D eigenvalue weighted by Gasteiger charge is -2.32. The van der Waals surface area contributed by atoms with E-state index < -0.39 is 0 Å². The van der Waals surface area contributed by atoms with Crippen LogP contribution in [0.1, 0.15) is 42.0 Å². The minimum absolute atomic E-state index is 0.247. The zero-order valence-corrected chi connectivity index (χ0v) is 17.2. The molecule has 1 aromatic heterocycles. The van der Waals surface area contributed by atoms with Gasteiger partial charge in [0.2, 0.25) is 5.91 Å². The van der Waals surface area contributed by atoms with Crippen molar-refractivity contribution in [3.05, 3.63) is 71.5 Å². The van der Waals surface area contributed by atoms with Crippen LogP contribution >= 0.6 is 0 Å². The van der Waals surface area contributed by atoms with E-state index in [9.17, 15) is 4.79 Å². The molecule has 29 heavy (non-hydrogen) atoms. The van der Waals surface area contributed by atoms with E-state index in [1.165, 1.54) is 10.9 Å². The van der Waals surface area contributed by atoms with E-state index >= 15 is 0 Å². The van der Waals surface area contributed by atoms with E-state index in [2.05, 4.69) is 31.2 Å². The lowest BCUT2D eigenvalue weighted by molar-refractivity contribution is -0.132. The molecule has 1 amide bonds. The number of nitrogens with zero attached hydrogens (tertiary/aromatic N) is 2. The lowest BCUT2D eigenvalue weighted by atomic mass is 9.92. The SMILES string of the molecule is COc1ccc2cnc([C@H]3CCCN(C(=O)CCc4ccccc4)C3)cc2c1C. The van der Waals surface area contributed by atoms with Crippen molar-refractivity contribution < 1.29 is 9.53 Å². The quantitative estimate of drug-likeness (QED) is 0.625.